The summed E-state index contributed by atoms with van der Waals surface area (Å²) in [5.41, 5.74) is 1.54. The van der Waals surface area contributed by atoms with Crippen molar-refractivity contribution in [2.75, 3.05) is 0 Å². The van der Waals surface area contributed by atoms with Gasteiger partial charge in [0.25, 0.3) is 0 Å². The Labute approximate surface area is 150 Å². The molecule has 5 nitrogen and oxygen atoms in total. The third-order valence-corrected chi connectivity index (χ3v) is 4.33. The molecule has 0 saturated heterocycles. The molecule has 132 valence electrons. The Hall–Kier alpha value is -3.47. The van der Waals surface area contributed by atoms with Gasteiger partial charge in [-0.25, -0.2) is 0 Å². The molecule has 0 saturated carbocycles. The van der Waals surface area contributed by atoms with Crippen molar-refractivity contribution in [1.82, 2.24) is 0 Å². The molecule has 26 heavy (non-hydrogen) atoms. The van der Waals surface area contributed by atoms with Crippen molar-refractivity contribution in [3.63, 3.8) is 0 Å². The number of phenolic OH excluding ortho intramolecular Hbond substituents is 4. The Morgan fingerprint density at radius 2 is 1.38 bits per heavy atom. The normalized spacial score (nSPS) is 11.9. The van der Waals surface area contributed by atoms with E-state index in [1.807, 2.05) is 0 Å². The van der Waals surface area contributed by atoms with Crippen LogP contribution in [-0.4, -0.2) is 26.2 Å². The van der Waals surface area contributed by atoms with Crippen LogP contribution in [0.5, 0.6) is 23.0 Å². The Bertz CT molecular complexity index is 937. The molecule has 0 heterocycles. The number of benzene rings is 3. The number of hydrogen-bond donors (Lipinski definition) is 4. The summed E-state index contributed by atoms with van der Waals surface area (Å²) in [6.07, 6.45) is 0. The molecule has 0 aliphatic heterocycles. The lowest BCUT2D eigenvalue weighted by molar-refractivity contribution is 0.0966. The van der Waals surface area contributed by atoms with Gasteiger partial charge in [-0.05, 0) is 23.3 Å². The van der Waals surface area contributed by atoms with Crippen molar-refractivity contribution in [3.05, 3.63) is 71.8 Å². The fourth-order valence-corrected chi connectivity index (χ4v) is 2.94. The van der Waals surface area contributed by atoms with Crippen LogP contribution < -0.4 is 0 Å². The number of carbonyl (C=O) groups is 1. The molecule has 0 radical (unpaired) electrons. The van der Waals surface area contributed by atoms with Gasteiger partial charge in [0.05, 0.1) is 5.56 Å². The monoisotopic (exact) mass is 350 g/mol. The molecule has 1 atom stereocenters. The predicted octanol–water partition coefficient (Wildman–Crippen LogP) is 4.16. The van der Waals surface area contributed by atoms with Gasteiger partial charge in [-0.2, -0.15) is 0 Å². The van der Waals surface area contributed by atoms with Crippen LogP contribution in [0.1, 0.15) is 28.8 Å². The zero-order valence-corrected chi connectivity index (χ0v) is 14.0. The second kappa shape index (κ2) is 6.80. The number of carbonyl (C=O) groups excluding carboxylic acids is 1. The molecule has 4 N–H and O–H groups in total. The highest BCUT2D eigenvalue weighted by Crippen LogP contribution is 2.42. The van der Waals surface area contributed by atoms with Crippen molar-refractivity contribution >= 4 is 5.78 Å². The van der Waals surface area contributed by atoms with Gasteiger partial charge in [-0.3, -0.25) is 4.79 Å². The molecule has 5 heteroatoms. The van der Waals surface area contributed by atoms with Crippen molar-refractivity contribution in [2.24, 2.45) is 0 Å². The summed E-state index contributed by atoms with van der Waals surface area (Å²) in [6.45, 7) is 1.75. The summed E-state index contributed by atoms with van der Waals surface area (Å²) in [7, 11) is 0. The topological polar surface area (TPSA) is 98.0 Å². The average molecular weight is 350 g/mol. The number of aromatic hydroxyl groups is 4. The fraction of sp³-hybridized carbons (Fsp3) is 0.0952. The van der Waals surface area contributed by atoms with Crippen LogP contribution in [0, 0.1) is 0 Å². The maximum atomic E-state index is 13.0. The quantitative estimate of drug-likeness (QED) is 0.530. The number of rotatable bonds is 4. The third kappa shape index (κ3) is 3.19. The first-order valence-electron chi connectivity index (χ1n) is 8.06. The van der Waals surface area contributed by atoms with Gasteiger partial charge in [0.1, 0.15) is 23.0 Å². The lowest BCUT2D eigenvalue weighted by atomic mass is 9.87. The van der Waals surface area contributed by atoms with Gasteiger partial charge in [0.15, 0.2) is 5.78 Å². The Balaban J connectivity index is 2.08. The zero-order valence-electron chi connectivity index (χ0n) is 14.0. The third-order valence-electron chi connectivity index (χ3n) is 4.33. The highest BCUT2D eigenvalue weighted by molar-refractivity contribution is 6.07. The van der Waals surface area contributed by atoms with Gasteiger partial charge in [0.2, 0.25) is 0 Å². The molecular weight excluding hydrogens is 332 g/mol. The van der Waals surface area contributed by atoms with Crippen molar-refractivity contribution < 1.29 is 25.2 Å². The van der Waals surface area contributed by atoms with Crippen LogP contribution in [0.4, 0.5) is 0 Å². The molecule has 3 aromatic rings. The van der Waals surface area contributed by atoms with Gasteiger partial charge in [-0.15, -0.1) is 0 Å². The molecule has 3 rings (SSSR count). The van der Waals surface area contributed by atoms with Crippen molar-refractivity contribution in [3.8, 4) is 34.1 Å². The second-order valence-corrected chi connectivity index (χ2v) is 6.08. The fourth-order valence-electron chi connectivity index (χ4n) is 2.94. The summed E-state index contributed by atoms with van der Waals surface area (Å²) in [4.78, 5) is 13.0. The first-order chi connectivity index (χ1) is 12.4. The van der Waals surface area contributed by atoms with Crippen LogP contribution in [0.25, 0.3) is 11.1 Å². The molecule has 0 aliphatic rings. The lowest BCUT2D eigenvalue weighted by Crippen LogP contribution is -2.11. The van der Waals surface area contributed by atoms with Gasteiger partial charge in [0, 0.05) is 23.6 Å². The van der Waals surface area contributed by atoms with E-state index in [0.29, 0.717) is 11.1 Å². The minimum atomic E-state index is -0.488. The molecule has 1 unspecified atom stereocenters. The number of phenols is 4. The molecule has 0 fully saturated rings. The molecule has 0 amide bonds. The predicted molar refractivity (Wildman–Crippen MR) is 97.7 cm³/mol. The minimum Gasteiger partial charge on any atom is -0.508 e. The number of hydrogen-bond acceptors (Lipinski definition) is 5. The van der Waals surface area contributed by atoms with Crippen LogP contribution >= 0.6 is 0 Å². The van der Waals surface area contributed by atoms with E-state index in [1.165, 1.54) is 12.1 Å². The Morgan fingerprint density at radius 3 is 2.00 bits per heavy atom. The summed E-state index contributed by atoms with van der Waals surface area (Å²) < 4.78 is 0. The molecular formula is C21H18O5. The molecule has 0 spiro atoms. The number of ketones is 1. The summed E-state index contributed by atoms with van der Waals surface area (Å²) in [5, 5.41) is 39.2. The summed E-state index contributed by atoms with van der Waals surface area (Å²) >= 11 is 0. The van der Waals surface area contributed by atoms with Gasteiger partial charge in [-0.1, -0.05) is 43.3 Å². The minimum absolute atomic E-state index is 0.0876. The van der Waals surface area contributed by atoms with E-state index < -0.39 is 5.92 Å². The van der Waals surface area contributed by atoms with E-state index in [0.717, 1.165) is 17.7 Å². The van der Waals surface area contributed by atoms with Crippen molar-refractivity contribution in [1.29, 1.82) is 0 Å². The second-order valence-electron chi connectivity index (χ2n) is 6.08. The van der Waals surface area contributed by atoms with Crippen LogP contribution in [0.15, 0.2) is 60.7 Å². The maximum Gasteiger partial charge on any atom is 0.170 e. The van der Waals surface area contributed by atoms with Gasteiger partial charge >= 0.3 is 0 Å². The van der Waals surface area contributed by atoms with Crippen molar-refractivity contribution in [2.45, 2.75) is 12.8 Å². The summed E-state index contributed by atoms with van der Waals surface area (Å²) in [6, 6.07) is 15.3. The maximum absolute atomic E-state index is 13.0. The highest BCUT2D eigenvalue weighted by Gasteiger charge is 2.23. The van der Waals surface area contributed by atoms with E-state index in [-0.39, 0.29) is 34.3 Å². The molecule has 0 bridgehead atoms. The van der Waals surface area contributed by atoms with E-state index in [9.17, 15) is 25.2 Å². The largest absolute Gasteiger partial charge is 0.508 e. The van der Waals surface area contributed by atoms with Gasteiger partial charge < -0.3 is 20.4 Å². The zero-order chi connectivity index (χ0) is 18.8. The average Bonchev–Trinajstić information content (AvgIpc) is 2.61. The van der Waals surface area contributed by atoms with E-state index in [4.69, 9.17) is 0 Å². The van der Waals surface area contributed by atoms with E-state index in [1.54, 1.807) is 43.3 Å². The molecule has 0 aliphatic carbocycles. The summed E-state index contributed by atoms with van der Waals surface area (Å²) in [5.74, 6) is -1.48. The Kier molecular flexibility index (Phi) is 4.54. The van der Waals surface area contributed by atoms with Crippen LogP contribution in [-0.2, 0) is 0 Å². The number of Topliss-reactive ketones (excluding diaryl/α,β-unsaturated/α-hetero) is 1. The van der Waals surface area contributed by atoms with Crippen LogP contribution in [0.3, 0.4) is 0 Å². The first-order valence-corrected chi connectivity index (χ1v) is 8.06. The SMILES string of the molecule is CC(C(=O)c1ccccc1-c1c(O)cc(O)cc1O)c1ccc(O)cc1. The molecule has 0 aromatic heterocycles. The van der Waals surface area contributed by atoms with E-state index >= 15 is 0 Å². The lowest BCUT2D eigenvalue weighted by Gasteiger charge is -2.16. The molecule has 3 aromatic carbocycles. The van der Waals surface area contributed by atoms with Crippen LogP contribution in [0.2, 0.25) is 0 Å². The Morgan fingerprint density at radius 1 is 0.808 bits per heavy atom. The highest BCUT2D eigenvalue weighted by atomic mass is 16.3. The van der Waals surface area contributed by atoms with E-state index in [2.05, 4.69) is 0 Å². The first kappa shape index (κ1) is 17.4. The smallest absolute Gasteiger partial charge is 0.170 e. The standard InChI is InChI=1S/C21H18O5/c1-12(13-6-8-14(22)9-7-13)21(26)17-5-3-2-4-16(17)20-18(24)10-15(23)11-19(20)25/h2-12,22-25H,1H3.